The van der Waals surface area contributed by atoms with Crippen molar-refractivity contribution in [2.45, 2.75) is 6.42 Å². The largest absolute Gasteiger partial charge is 0.469 e. The van der Waals surface area contributed by atoms with Crippen LogP contribution in [0.2, 0.25) is 5.02 Å². The first-order valence-electron chi connectivity index (χ1n) is 5.76. The second-order valence-electron chi connectivity index (χ2n) is 3.94. The molecule has 2 rings (SSSR count). The van der Waals surface area contributed by atoms with Crippen LogP contribution >= 0.6 is 11.6 Å². The molecule has 3 nitrogen and oxygen atoms in total. The second-order valence-corrected chi connectivity index (χ2v) is 4.38. The van der Waals surface area contributed by atoms with Gasteiger partial charge in [-0.1, -0.05) is 29.8 Å². The van der Waals surface area contributed by atoms with Gasteiger partial charge in [0.1, 0.15) is 17.9 Å². The van der Waals surface area contributed by atoms with Gasteiger partial charge in [-0.3, -0.25) is 4.79 Å². The van der Waals surface area contributed by atoms with E-state index in [-0.39, 0.29) is 12.4 Å². The number of halogens is 1. The van der Waals surface area contributed by atoms with Crippen LogP contribution in [0.4, 0.5) is 0 Å². The van der Waals surface area contributed by atoms with E-state index in [0.717, 1.165) is 5.56 Å². The lowest BCUT2D eigenvalue weighted by Crippen LogP contribution is -2.03. The van der Waals surface area contributed by atoms with E-state index in [0.29, 0.717) is 16.5 Å². The topological polar surface area (TPSA) is 39.4 Å². The summed E-state index contributed by atoms with van der Waals surface area (Å²) >= 11 is 5.81. The molecular weight excluding hydrogens is 264 g/mol. The summed E-state index contributed by atoms with van der Waals surface area (Å²) in [6.07, 6.45) is 3.90. The summed E-state index contributed by atoms with van der Waals surface area (Å²) in [6.45, 7) is 0. The standard InChI is InChI=1S/C15H13ClO3/c1-18-15(17)10-14-9-8-13(19-14)7-4-11-2-5-12(16)6-3-11/h2-9H,10H2,1H3/b7-4+. The van der Waals surface area contributed by atoms with Crippen LogP contribution in [0, 0.1) is 0 Å². The molecule has 0 unspecified atom stereocenters. The fourth-order valence-corrected chi connectivity index (χ4v) is 1.67. The molecule has 0 spiro atoms. The van der Waals surface area contributed by atoms with Crippen LogP contribution < -0.4 is 0 Å². The van der Waals surface area contributed by atoms with Crippen molar-refractivity contribution in [1.29, 1.82) is 0 Å². The molecule has 0 aliphatic carbocycles. The Kier molecular flexibility index (Phi) is 4.42. The van der Waals surface area contributed by atoms with E-state index in [1.807, 2.05) is 42.5 Å². The fourth-order valence-electron chi connectivity index (χ4n) is 1.55. The highest BCUT2D eigenvalue weighted by Crippen LogP contribution is 2.15. The van der Waals surface area contributed by atoms with E-state index < -0.39 is 0 Å². The van der Waals surface area contributed by atoms with E-state index in [4.69, 9.17) is 16.0 Å². The van der Waals surface area contributed by atoms with Gasteiger partial charge in [-0.2, -0.15) is 0 Å². The van der Waals surface area contributed by atoms with Gasteiger partial charge in [0.15, 0.2) is 0 Å². The monoisotopic (exact) mass is 276 g/mol. The number of hydrogen-bond donors (Lipinski definition) is 0. The quantitative estimate of drug-likeness (QED) is 0.797. The molecule has 98 valence electrons. The Balaban J connectivity index is 2.03. The van der Waals surface area contributed by atoms with E-state index in [1.54, 1.807) is 6.07 Å². The lowest BCUT2D eigenvalue weighted by Gasteiger charge is -1.95. The third kappa shape index (κ3) is 4.00. The third-order valence-corrected chi connectivity index (χ3v) is 2.79. The zero-order valence-electron chi connectivity index (χ0n) is 10.4. The number of esters is 1. The van der Waals surface area contributed by atoms with E-state index in [9.17, 15) is 4.79 Å². The summed E-state index contributed by atoms with van der Waals surface area (Å²) in [5, 5.41) is 0.704. The zero-order valence-corrected chi connectivity index (χ0v) is 11.2. The van der Waals surface area contributed by atoms with E-state index >= 15 is 0 Å². The molecule has 0 radical (unpaired) electrons. The summed E-state index contributed by atoms with van der Waals surface area (Å²) in [5.41, 5.74) is 1.02. The Morgan fingerprint density at radius 2 is 1.95 bits per heavy atom. The van der Waals surface area contributed by atoms with Gasteiger partial charge >= 0.3 is 5.97 Å². The number of hydrogen-bond acceptors (Lipinski definition) is 3. The second kappa shape index (κ2) is 6.25. The Bertz CT molecular complexity index is 582. The minimum atomic E-state index is -0.317. The fraction of sp³-hybridized carbons (Fsp3) is 0.133. The summed E-state index contributed by atoms with van der Waals surface area (Å²) in [6, 6.07) is 11.1. The number of carbonyl (C=O) groups is 1. The van der Waals surface area contributed by atoms with E-state index in [2.05, 4.69) is 4.74 Å². The van der Waals surface area contributed by atoms with Crippen LogP contribution in [-0.4, -0.2) is 13.1 Å². The highest BCUT2D eigenvalue weighted by atomic mass is 35.5. The predicted octanol–water partition coefficient (Wildman–Crippen LogP) is 3.82. The minimum Gasteiger partial charge on any atom is -0.469 e. The van der Waals surface area contributed by atoms with Crippen molar-refractivity contribution in [3.05, 3.63) is 58.5 Å². The first-order valence-corrected chi connectivity index (χ1v) is 6.14. The number of carbonyl (C=O) groups excluding carboxylic acids is 1. The maximum Gasteiger partial charge on any atom is 0.313 e. The molecule has 1 heterocycles. The van der Waals surface area contributed by atoms with Crippen LogP contribution in [0.3, 0.4) is 0 Å². The van der Waals surface area contributed by atoms with Gasteiger partial charge in [-0.15, -0.1) is 0 Å². The molecule has 0 amide bonds. The molecule has 0 N–H and O–H groups in total. The molecule has 0 atom stereocenters. The maximum atomic E-state index is 11.1. The summed E-state index contributed by atoms with van der Waals surface area (Å²) < 4.78 is 10.1. The molecule has 0 aliphatic rings. The Morgan fingerprint density at radius 1 is 1.21 bits per heavy atom. The van der Waals surface area contributed by atoms with Crippen LogP contribution in [0.5, 0.6) is 0 Å². The van der Waals surface area contributed by atoms with Crippen molar-refractivity contribution in [3.8, 4) is 0 Å². The van der Waals surface area contributed by atoms with Gasteiger partial charge < -0.3 is 9.15 Å². The van der Waals surface area contributed by atoms with Crippen molar-refractivity contribution in [2.75, 3.05) is 7.11 Å². The summed E-state index contributed by atoms with van der Waals surface area (Å²) in [7, 11) is 1.35. The summed E-state index contributed by atoms with van der Waals surface area (Å²) in [4.78, 5) is 11.1. The number of benzene rings is 1. The van der Waals surface area contributed by atoms with Gasteiger partial charge in [0, 0.05) is 5.02 Å². The molecule has 0 saturated carbocycles. The van der Waals surface area contributed by atoms with E-state index in [1.165, 1.54) is 7.11 Å². The van der Waals surface area contributed by atoms with Crippen molar-refractivity contribution in [3.63, 3.8) is 0 Å². The van der Waals surface area contributed by atoms with Crippen molar-refractivity contribution in [2.24, 2.45) is 0 Å². The van der Waals surface area contributed by atoms with Crippen molar-refractivity contribution in [1.82, 2.24) is 0 Å². The highest BCUT2D eigenvalue weighted by molar-refractivity contribution is 6.30. The van der Waals surface area contributed by atoms with Crippen LogP contribution in [0.25, 0.3) is 12.2 Å². The van der Waals surface area contributed by atoms with Gasteiger partial charge in [-0.05, 0) is 35.9 Å². The lowest BCUT2D eigenvalue weighted by molar-refractivity contribution is -0.140. The highest BCUT2D eigenvalue weighted by Gasteiger charge is 2.06. The first-order chi connectivity index (χ1) is 9.17. The maximum absolute atomic E-state index is 11.1. The Hall–Kier alpha value is -2.00. The Labute approximate surface area is 116 Å². The molecule has 0 aliphatic heterocycles. The number of furan rings is 1. The van der Waals surface area contributed by atoms with Gasteiger partial charge in [0.2, 0.25) is 0 Å². The lowest BCUT2D eigenvalue weighted by atomic mass is 10.2. The summed E-state index contributed by atoms with van der Waals surface area (Å²) in [5.74, 6) is 0.957. The average molecular weight is 277 g/mol. The van der Waals surface area contributed by atoms with Crippen molar-refractivity contribution >= 4 is 29.7 Å². The number of rotatable bonds is 4. The number of methoxy groups -OCH3 is 1. The smallest absolute Gasteiger partial charge is 0.313 e. The molecule has 1 aromatic carbocycles. The predicted molar refractivity (Wildman–Crippen MR) is 74.8 cm³/mol. The molecule has 4 heteroatoms. The van der Waals surface area contributed by atoms with Gasteiger partial charge in [0.05, 0.1) is 7.11 Å². The van der Waals surface area contributed by atoms with Crippen LogP contribution in [-0.2, 0) is 16.0 Å². The molecular formula is C15H13ClO3. The van der Waals surface area contributed by atoms with Gasteiger partial charge in [-0.25, -0.2) is 0 Å². The Morgan fingerprint density at radius 3 is 2.63 bits per heavy atom. The molecule has 19 heavy (non-hydrogen) atoms. The molecule has 2 aromatic rings. The molecule has 0 saturated heterocycles. The SMILES string of the molecule is COC(=O)Cc1ccc(/C=C/c2ccc(Cl)cc2)o1. The van der Waals surface area contributed by atoms with Crippen LogP contribution in [0.1, 0.15) is 17.1 Å². The molecule has 0 bridgehead atoms. The first kappa shape index (κ1) is 13.4. The number of ether oxygens (including phenoxy) is 1. The average Bonchev–Trinajstić information content (AvgIpc) is 2.85. The minimum absolute atomic E-state index is 0.144. The van der Waals surface area contributed by atoms with Gasteiger partial charge in [0.25, 0.3) is 0 Å². The van der Waals surface area contributed by atoms with Crippen molar-refractivity contribution < 1.29 is 13.9 Å². The zero-order chi connectivity index (χ0) is 13.7. The molecule has 1 aromatic heterocycles. The molecule has 0 fully saturated rings. The third-order valence-electron chi connectivity index (χ3n) is 2.54. The van der Waals surface area contributed by atoms with Crippen LogP contribution in [0.15, 0.2) is 40.8 Å². The normalized spacial score (nSPS) is 10.8.